The van der Waals surface area contributed by atoms with Crippen molar-refractivity contribution in [2.24, 2.45) is 11.8 Å². The van der Waals surface area contributed by atoms with Crippen molar-refractivity contribution in [1.82, 2.24) is 14.4 Å². The largest absolute Gasteiger partial charge is 0.396 e. The van der Waals surface area contributed by atoms with Crippen molar-refractivity contribution in [2.45, 2.75) is 44.8 Å². The molecule has 2 saturated heterocycles. The van der Waals surface area contributed by atoms with Gasteiger partial charge in [0.1, 0.15) is 0 Å². The number of pyridine rings is 1. The molecule has 4 atom stereocenters. The average Bonchev–Trinajstić information content (AvgIpc) is 3.09. The summed E-state index contributed by atoms with van der Waals surface area (Å²) in [7, 11) is 0. The number of carbonyl (C=O) groups is 1. The van der Waals surface area contributed by atoms with E-state index in [1.807, 2.05) is 64.1 Å². The maximum absolute atomic E-state index is 13.7. The zero-order valence-electron chi connectivity index (χ0n) is 19.3. The van der Waals surface area contributed by atoms with Crippen molar-refractivity contribution in [3.63, 3.8) is 0 Å². The van der Waals surface area contributed by atoms with Gasteiger partial charge in [0.05, 0.1) is 12.0 Å². The highest BCUT2D eigenvalue weighted by molar-refractivity contribution is 5.81. The number of amides is 1. The molecule has 2 bridgehead atoms. The Morgan fingerprint density at radius 2 is 1.82 bits per heavy atom. The number of rotatable bonds is 5. The zero-order valence-corrected chi connectivity index (χ0v) is 19.3. The Balaban J connectivity index is 1.52. The number of benzene rings is 1. The van der Waals surface area contributed by atoms with Crippen LogP contribution in [-0.4, -0.2) is 57.7 Å². The summed E-state index contributed by atoms with van der Waals surface area (Å²) in [6.45, 7) is 4.97. The minimum atomic E-state index is -0.308. The van der Waals surface area contributed by atoms with Crippen LogP contribution in [0.5, 0.6) is 0 Å². The van der Waals surface area contributed by atoms with Crippen LogP contribution in [0.25, 0.3) is 12.2 Å². The second kappa shape index (κ2) is 9.27. The maximum atomic E-state index is 13.7. The van der Waals surface area contributed by atoms with Crippen LogP contribution in [0.4, 0.5) is 0 Å². The Kier molecular flexibility index (Phi) is 6.21. The number of aromatic nitrogens is 1. The summed E-state index contributed by atoms with van der Waals surface area (Å²) in [6, 6.07) is 13.7. The van der Waals surface area contributed by atoms with Crippen molar-refractivity contribution in [2.75, 3.05) is 26.2 Å². The standard InChI is InChI=1S/C27H33N3O3/c1-2-29-23-17-30-22(14-13-20(26(30)32)12-11-19-9-5-3-6-10-19)25(29)24(21(23)18-31)27(33)28-15-7-4-8-16-28/h3,5-6,9-14,21,23-25,31H,2,4,7-8,15-18H2,1H3/b12-11+/t21-,23-,24+,25+/m0/s1. The van der Waals surface area contributed by atoms with E-state index in [2.05, 4.69) is 11.8 Å². The van der Waals surface area contributed by atoms with Crippen molar-refractivity contribution < 1.29 is 9.90 Å². The molecule has 2 fully saturated rings. The third-order valence-corrected chi connectivity index (χ3v) is 7.77. The molecule has 3 aliphatic rings. The first-order valence-electron chi connectivity index (χ1n) is 12.3. The summed E-state index contributed by atoms with van der Waals surface area (Å²) in [5.74, 6) is -0.322. The first kappa shape index (κ1) is 22.1. The quantitative estimate of drug-likeness (QED) is 0.765. The molecule has 6 nitrogen and oxygen atoms in total. The highest BCUT2D eigenvalue weighted by Crippen LogP contribution is 2.48. The van der Waals surface area contributed by atoms with Crippen LogP contribution in [0.15, 0.2) is 47.3 Å². The predicted octanol–water partition coefficient (Wildman–Crippen LogP) is 3.01. The lowest BCUT2D eigenvalue weighted by atomic mass is 9.85. The molecule has 1 aromatic heterocycles. The van der Waals surface area contributed by atoms with E-state index in [1.165, 1.54) is 6.42 Å². The van der Waals surface area contributed by atoms with Crippen LogP contribution in [0.1, 0.15) is 49.0 Å². The molecule has 1 N–H and O–H groups in total. The fourth-order valence-electron chi connectivity index (χ4n) is 6.16. The molecule has 0 saturated carbocycles. The zero-order chi connectivity index (χ0) is 22.9. The van der Waals surface area contributed by atoms with E-state index in [1.54, 1.807) is 0 Å². The van der Waals surface area contributed by atoms with Gasteiger partial charge >= 0.3 is 0 Å². The Morgan fingerprint density at radius 3 is 2.52 bits per heavy atom. The molecular weight excluding hydrogens is 414 g/mol. The number of nitrogens with zero attached hydrogens (tertiary/aromatic N) is 3. The lowest BCUT2D eigenvalue weighted by Crippen LogP contribution is -2.46. The molecule has 174 valence electrons. The Hall–Kier alpha value is -2.70. The lowest BCUT2D eigenvalue weighted by Gasteiger charge is -2.38. The molecular formula is C27H33N3O3. The molecule has 5 rings (SSSR count). The number of likely N-dealkylation sites (tertiary alicyclic amines) is 1. The molecule has 0 radical (unpaired) electrons. The average molecular weight is 448 g/mol. The highest BCUT2D eigenvalue weighted by Gasteiger charge is 2.55. The van der Waals surface area contributed by atoms with Gasteiger partial charge in [-0.3, -0.25) is 14.5 Å². The van der Waals surface area contributed by atoms with Crippen LogP contribution >= 0.6 is 0 Å². The van der Waals surface area contributed by atoms with Crippen LogP contribution < -0.4 is 5.56 Å². The Bertz CT molecular complexity index is 1090. The molecule has 1 amide bonds. The monoisotopic (exact) mass is 447 g/mol. The SMILES string of the molecule is CCN1[C@@H]2c3ccc(/C=C/c4ccccc4)c(=O)n3C[C@H]1[C@H](CO)[C@H]2C(=O)N1CCCCC1. The van der Waals surface area contributed by atoms with Crippen LogP contribution in [0, 0.1) is 11.8 Å². The van der Waals surface area contributed by atoms with E-state index in [0.29, 0.717) is 12.1 Å². The summed E-state index contributed by atoms with van der Waals surface area (Å²) in [4.78, 5) is 31.5. The smallest absolute Gasteiger partial charge is 0.258 e. The topological polar surface area (TPSA) is 65.8 Å². The van der Waals surface area contributed by atoms with Crippen LogP contribution in [0.3, 0.4) is 0 Å². The van der Waals surface area contributed by atoms with E-state index < -0.39 is 0 Å². The van der Waals surface area contributed by atoms with E-state index in [4.69, 9.17) is 0 Å². The van der Waals surface area contributed by atoms with Crippen molar-refractivity contribution in [3.05, 3.63) is 69.6 Å². The maximum Gasteiger partial charge on any atom is 0.258 e. The third-order valence-electron chi connectivity index (χ3n) is 7.77. The van der Waals surface area contributed by atoms with Gasteiger partial charge in [-0.15, -0.1) is 0 Å². The Labute approximate surface area is 195 Å². The minimum absolute atomic E-state index is 0.0118. The molecule has 4 heterocycles. The molecule has 0 unspecified atom stereocenters. The summed E-state index contributed by atoms with van der Waals surface area (Å²) in [5.41, 5.74) is 2.57. The number of piperidine rings is 1. The number of hydrogen-bond acceptors (Lipinski definition) is 4. The molecule has 0 spiro atoms. The van der Waals surface area contributed by atoms with E-state index in [0.717, 1.165) is 43.7 Å². The van der Waals surface area contributed by atoms with Gasteiger partial charge in [-0.25, -0.2) is 0 Å². The third kappa shape index (κ3) is 3.85. The number of hydrogen-bond donors (Lipinski definition) is 1. The highest BCUT2D eigenvalue weighted by atomic mass is 16.3. The molecule has 33 heavy (non-hydrogen) atoms. The molecule has 0 aliphatic carbocycles. The number of aliphatic hydroxyl groups excluding tert-OH is 1. The molecule has 1 aromatic carbocycles. The van der Waals surface area contributed by atoms with E-state index >= 15 is 0 Å². The number of likely N-dealkylation sites (N-methyl/N-ethyl adjacent to an activating group) is 1. The summed E-state index contributed by atoms with van der Waals surface area (Å²) in [6.07, 6.45) is 7.09. The summed E-state index contributed by atoms with van der Waals surface area (Å²) in [5, 5.41) is 10.4. The van der Waals surface area contributed by atoms with Gasteiger partial charge in [-0.05, 0) is 49.6 Å². The molecule has 2 aromatic rings. The van der Waals surface area contributed by atoms with Crippen LogP contribution in [-0.2, 0) is 11.3 Å². The lowest BCUT2D eigenvalue weighted by molar-refractivity contribution is -0.139. The normalized spacial score (nSPS) is 27.2. The summed E-state index contributed by atoms with van der Waals surface area (Å²) >= 11 is 0. The number of fused-ring (bicyclic) bond motifs is 4. The van der Waals surface area contributed by atoms with Crippen LogP contribution in [0.2, 0.25) is 0 Å². The second-order valence-electron chi connectivity index (χ2n) is 9.47. The van der Waals surface area contributed by atoms with Gasteiger partial charge in [0.15, 0.2) is 0 Å². The van der Waals surface area contributed by atoms with Gasteiger partial charge in [-0.1, -0.05) is 43.3 Å². The van der Waals surface area contributed by atoms with Gasteiger partial charge in [-0.2, -0.15) is 0 Å². The van der Waals surface area contributed by atoms with E-state index in [-0.39, 0.29) is 42.0 Å². The van der Waals surface area contributed by atoms with Gasteiger partial charge in [0.25, 0.3) is 5.56 Å². The van der Waals surface area contributed by atoms with Crippen molar-refractivity contribution in [1.29, 1.82) is 0 Å². The predicted molar refractivity (Wildman–Crippen MR) is 129 cm³/mol. The molecule has 3 aliphatic heterocycles. The first-order chi connectivity index (χ1) is 16.1. The fourth-order valence-corrected chi connectivity index (χ4v) is 6.16. The van der Waals surface area contributed by atoms with Gasteiger partial charge in [0, 0.05) is 49.5 Å². The Morgan fingerprint density at radius 1 is 1.06 bits per heavy atom. The van der Waals surface area contributed by atoms with Gasteiger partial charge in [0.2, 0.25) is 5.91 Å². The fraction of sp³-hybridized carbons (Fsp3) is 0.481. The minimum Gasteiger partial charge on any atom is -0.396 e. The second-order valence-corrected chi connectivity index (χ2v) is 9.47. The van der Waals surface area contributed by atoms with Crippen molar-refractivity contribution >= 4 is 18.1 Å². The first-order valence-corrected chi connectivity index (χ1v) is 12.3. The number of aliphatic hydroxyl groups is 1. The van der Waals surface area contributed by atoms with Gasteiger partial charge < -0.3 is 14.6 Å². The molecule has 6 heteroatoms. The number of carbonyl (C=O) groups excluding carboxylic acids is 1. The van der Waals surface area contributed by atoms with E-state index in [9.17, 15) is 14.7 Å². The van der Waals surface area contributed by atoms with Crippen molar-refractivity contribution in [3.8, 4) is 0 Å². The summed E-state index contributed by atoms with van der Waals surface area (Å²) < 4.78 is 1.86.